The minimum atomic E-state index is -3.17. The molecule has 1 heterocycles. The zero-order valence-electron chi connectivity index (χ0n) is 14.2. The van der Waals surface area contributed by atoms with Crippen molar-refractivity contribution < 1.29 is 18.3 Å². The van der Waals surface area contributed by atoms with E-state index in [1.807, 2.05) is 6.92 Å². The molecule has 0 aliphatic carbocycles. The molecule has 1 aliphatic rings. The number of carboxylic acid groups (broad SMARTS) is 1. The Kier molecular flexibility index (Phi) is 12.5. The van der Waals surface area contributed by atoms with Gasteiger partial charge in [0.2, 0.25) is 10.0 Å². The van der Waals surface area contributed by atoms with Gasteiger partial charge in [0.15, 0.2) is 0 Å². The van der Waals surface area contributed by atoms with Crippen LogP contribution in [0.5, 0.6) is 0 Å². The van der Waals surface area contributed by atoms with Crippen LogP contribution in [0.2, 0.25) is 0 Å². The molecule has 3 N–H and O–H groups in total. The summed E-state index contributed by atoms with van der Waals surface area (Å²) in [4.78, 5) is 10.2. The minimum absolute atomic E-state index is 0.130. The summed E-state index contributed by atoms with van der Waals surface area (Å²) in [7, 11) is -3.17. The number of hydrogen-bond donors (Lipinski definition) is 3. The molecule has 23 heavy (non-hydrogen) atoms. The molecule has 0 spiro atoms. The highest BCUT2D eigenvalue weighted by Crippen LogP contribution is 2.05. The monoisotopic (exact) mass is 346 g/mol. The Balaban J connectivity index is 0.000000502. The molecule has 7 heteroatoms. The van der Waals surface area contributed by atoms with Crippen LogP contribution in [0.1, 0.15) is 58.8 Å². The SMILES string of the molecule is CCCC#CNS(=O)(=O)CCCCCC.O=C(O)C1CCNC1. The average molecular weight is 346 g/mol. The van der Waals surface area contributed by atoms with E-state index in [1.165, 1.54) is 0 Å². The van der Waals surface area contributed by atoms with Crippen LogP contribution in [0.3, 0.4) is 0 Å². The van der Waals surface area contributed by atoms with Crippen molar-refractivity contribution in [2.24, 2.45) is 5.92 Å². The van der Waals surface area contributed by atoms with E-state index in [9.17, 15) is 13.2 Å². The lowest BCUT2D eigenvalue weighted by Gasteiger charge is -2.01. The fourth-order valence-electron chi connectivity index (χ4n) is 1.94. The first kappa shape index (κ1) is 21.7. The van der Waals surface area contributed by atoms with Gasteiger partial charge in [0.25, 0.3) is 0 Å². The number of carbonyl (C=O) groups is 1. The molecule has 1 atom stereocenters. The lowest BCUT2D eigenvalue weighted by atomic mass is 10.1. The van der Waals surface area contributed by atoms with Gasteiger partial charge in [0.05, 0.1) is 11.7 Å². The van der Waals surface area contributed by atoms with Crippen LogP contribution in [-0.4, -0.2) is 38.3 Å². The van der Waals surface area contributed by atoms with Gasteiger partial charge >= 0.3 is 5.97 Å². The second-order valence-corrected chi connectivity index (χ2v) is 7.40. The molecule has 1 unspecified atom stereocenters. The largest absolute Gasteiger partial charge is 0.481 e. The molecule has 0 aromatic rings. The highest BCUT2D eigenvalue weighted by atomic mass is 32.2. The topological polar surface area (TPSA) is 95.5 Å². The van der Waals surface area contributed by atoms with Gasteiger partial charge in [-0.2, -0.15) is 0 Å². The van der Waals surface area contributed by atoms with Crippen LogP contribution in [0.25, 0.3) is 0 Å². The standard InChI is InChI=1S/C11H21NO2S.C5H9NO2/c1-3-5-7-9-11-15(13,14)12-10-8-6-4-2;7-5(8)4-1-2-6-3-4/h12H,3-7,9,11H2,1-2H3;4,6H,1-3H2,(H,7,8). The van der Waals surface area contributed by atoms with Gasteiger partial charge < -0.3 is 10.4 Å². The third kappa shape index (κ3) is 12.9. The molecule has 1 fully saturated rings. The molecule has 134 valence electrons. The Morgan fingerprint density at radius 1 is 1.26 bits per heavy atom. The Bertz CT molecular complexity index is 474. The smallest absolute Gasteiger partial charge is 0.307 e. The highest BCUT2D eigenvalue weighted by Gasteiger charge is 2.20. The number of sulfonamides is 1. The van der Waals surface area contributed by atoms with Gasteiger partial charge in [-0.1, -0.05) is 39.0 Å². The van der Waals surface area contributed by atoms with Crippen LogP contribution < -0.4 is 10.0 Å². The summed E-state index contributed by atoms with van der Waals surface area (Å²) in [5.74, 6) is 2.14. The number of carboxylic acids is 1. The van der Waals surface area contributed by atoms with E-state index in [4.69, 9.17) is 5.11 Å². The summed E-state index contributed by atoms with van der Waals surface area (Å²) in [5.41, 5.74) is 0. The van der Waals surface area contributed by atoms with Crippen molar-refractivity contribution in [1.82, 2.24) is 10.0 Å². The summed E-state index contributed by atoms with van der Waals surface area (Å²) in [6, 6.07) is 2.48. The van der Waals surface area contributed by atoms with Gasteiger partial charge in [0.1, 0.15) is 0 Å². The molecule has 0 radical (unpaired) electrons. The van der Waals surface area contributed by atoms with Crippen LogP contribution in [0.4, 0.5) is 0 Å². The maximum atomic E-state index is 11.3. The van der Waals surface area contributed by atoms with Crippen molar-refractivity contribution >= 4 is 16.0 Å². The summed E-state index contributed by atoms with van der Waals surface area (Å²) >= 11 is 0. The second kappa shape index (κ2) is 13.2. The Hall–Kier alpha value is -1.26. The third-order valence-electron chi connectivity index (χ3n) is 3.35. The molecule has 0 aromatic heterocycles. The molecule has 1 aliphatic heterocycles. The van der Waals surface area contributed by atoms with Gasteiger partial charge in [-0.05, 0) is 25.8 Å². The first-order valence-electron chi connectivity index (χ1n) is 8.33. The number of unbranched alkanes of at least 4 members (excludes halogenated alkanes) is 4. The summed E-state index contributed by atoms with van der Waals surface area (Å²) in [5, 5.41) is 11.3. The lowest BCUT2D eigenvalue weighted by Crippen LogP contribution is -2.21. The van der Waals surface area contributed by atoms with Crippen molar-refractivity contribution in [2.75, 3.05) is 18.8 Å². The number of rotatable bonds is 8. The highest BCUT2D eigenvalue weighted by molar-refractivity contribution is 7.89. The molecular formula is C16H30N2O4S. The van der Waals surface area contributed by atoms with Gasteiger partial charge in [0, 0.05) is 19.0 Å². The summed E-state index contributed by atoms with van der Waals surface area (Å²) < 4.78 is 25.0. The number of aliphatic carboxylic acids is 1. The van der Waals surface area contributed by atoms with Crippen LogP contribution in [0, 0.1) is 17.9 Å². The van der Waals surface area contributed by atoms with Crippen molar-refractivity contribution in [3.8, 4) is 12.0 Å². The Labute approximate surface area is 140 Å². The number of nitrogens with one attached hydrogen (secondary N) is 2. The van der Waals surface area contributed by atoms with E-state index < -0.39 is 16.0 Å². The summed E-state index contributed by atoms with van der Waals surface area (Å²) in [6.45, 7) is 5.61. The van der Waals surface area contributed by atoms with Gasteiger partial charge in [-0.3, -0.25) is 4.79 Å². The van der Waals surface area contributed by atoms with E-state index in [1.54, 1.807) is 0 Å². The van der Waals surface area contributed by atoms with Crippen molar-refractivity contribution in [1.29, 1.82) is 0 Å². The van der Waals surface area contributed by atoms with E-state index in [-0.39, 0.29) is 11.7 Å². The Morgan fingerprint density at radius 3 is 2.48 bits per heavy atom. The lowest BCUT2D eigenvalue weighted by molar-refractivity contribution is -0.140. The van der Waals surface area contributed by atoms with Crippen LogP contribution in [-0.2, 0) is 14.8 Å². The van der Waals surface area contributed by atoms with E-state index >= 15 is 0 Å². The van der Waals surface area contributed by atoms with Crippen molar-refractivity contribution in [3.63, 3.8) is 0 Å². The maximum absolute atomic E-state index is 11.3. The first-order valence-corrected chi connectivity index (χ1v) is 9.99. The Morgan fingerprint density at radius 2 is 2.00 bits per heavy atom. The molecular weight excluding hydrogens is 316 g/mol. The quantitative estimate of drug-likeness (QED) is 0.354. The maximum Gasteiger partial charge on any atom is 0.307 e. The molecule has 0 aromatic carbocycles. The summed E-state index contributed by atoms with van der Waals surface area (Å²) in [6.07, 6.45) is 6.37. The van der Waals surface area contributed by atoms with Gasteiger partial charge in [-0.15, -0.1) is 0 Å². The van der Waals surface area contributed by atoms with E-state index in [2.05, 4.69) is 28.9 Å². The fourth-order valence-corrected chi connectivity index (χ4v) is 2.85. The van der Waals surface area contributed by atoms with E-state index in [0.29, 0.717) is 6.54 Å². The predicted octanol–water partition coefficient (Wildman–Crippen LogP) is 1.93. The first-order chi connectivity index (χ1) is 10.9. The predicted molar refractivity (Wildman–Crippen MR) is 92.4 cm³/mol. The minimum Gasteiger partial charge on any atom is -0.481 e. The molecule has 0 bridgehead atoms. The van der Waals surface area contributed by atoms with Crippen LogP contribution in [0.15, 0.2) is 0 Å². The average Bonchev–Trinajstić information content (AvgIpc) is 3.04. The zero-order valence-corrected chi connectivity index (χ0v) is 15.0. The molecule has 0 saturated carbocycles. The molecule has 1 saturated heterocycles. The van der Waals surface area contributed by atoms with E-state index in [0.717, 1.165) is 51.5 Å². The molecule has 0 amide bonds. The van der Waals surface area contributed by atoms with Crippen molar-refractivity contribution in [2.45, 2.75) is 58.8 Å². The second-order valence-electron chi connectivity index (χ2n) is 5.56. The number of hydrogen-bond acceptors (Lipinski definition) is 4. The normalized spacial score (nSPS) is 16.7. The zero-order chi connectivity index (χ0) is 17.6. The van der Waals surface area contributed by atoms with Gasteiger partial charge in [-0.25, -0.2) is 13.1 Å². The van der Waals surface area contributed by atoms with Crippen molar-refractivity contribution in [3.05, 3.63) is 0 Å². The fraction of sp³-hybridized carbons (Fsp3) is 0.812. The molecule has 6 nitrogen and oxygen atoms in total. The molecule has 1 rings (SSSR count). The van der Waals surface area contributed by atoms with Crippen LogP contribution >= 0.6 is 0 Å². The third-order valence-corrected chi connectivity index (χ3v) is 4.59.